The number of rotatable bonds is 12. The Hall–Kier alpha value is -4.22. The number of benzene rings is 3. The van der Waals surface area contributed by atoms with Crippen molar-refractivity contribution in [3.05, 3.63) is 101 Å². The Balaban J connectivity index is 1.51. The summed E-state index contributed by atoms with van der Waals surface area (Å²) in [7, 11) is 0. The van der Waals surface area contributed by atoms with Crippen LogP contribution >= 0.6 is 23.1 Å². The van der Waals surface area contributed by atoms with Crippen LogP contribution in [0.15, 0.2) is 82.7 Å². The number of hydrogen-bond acceptors (Lipinski definition) is 9. The minimum absolute atomic E-state index is 0.0652. The maximum absolute atomic E-state index is 14.1. The zero-order valence-corrected chi connectivity index (χ0v) is 25.3. The maximum atomic E-state index is 14.1. The fourth-order valence-corrected chi connectivity index (χ4v) is 6.42. The van der Waals surface area contributed by atoms with Gasteiger partial charge in [-0.2, -0.15) is 0 Å². The van der Waals surface area contributed by atoms with E-state index < -0.39 is 17.7 Å². The summed E-state index contributed by atoms with van der Waals surface area (Å²) < 4.78 is 25.9. The molecule has 0 aliphatic carbocycles. The fourth-order valence-electron chi connectivity index (χ4n) is 4.57. The number of anilines is 1. The van der Waals surface area contributed by atoms with Crippen LogP contribution in [0.2, 0.25) is 0 Å². The van der Waals surface area contributed by atoms with E-state index in [1.54, 1.807) is 66.7 Å². The highest BCUT2D eigenvalue weighted by Crippen LogP contribution is 2.44. The highest BCUT2D eigenvalue weighted by atomic mass is 32.2. The molecule has 43 heavy (non-hydrogen) atoms. The van der Waals surface area contributed by atoms with E-state index in [9.17, 15) is 19.1 Å². The van der Waals surface area contributed by atoms with E-state index in [4.69, 9.17) is 9.47 Å². The molecule has 1 fully saturated rings. The summed E-state index contributed by atoms with van der Waals surface area (Å²) in [4.78, 5) is 28.3. The number of thioether (sulfide) groups is 1. The topological polar surface area (TPSA) is 102 Å². The number of halogens is 1. The summed E-state index contributed by atoms with van der Waals surface area (Å²) in [6.45, 7) is 5.01. The van der Waals surface area contributed by atoms with Gasteiger partial charge in [0.05, 0.1) is 24.8 Å². The summed E-state index contributed by atoms with van der Waals surface area (Å²) in [5.41, 5.74) is 1.40. The average molecular weight is 620 g/mol. The van der Waals surface area contributed by atoms with E-state index in [2.05, 4.69) is 17.1 Å². The van der Waals surface area contributed by atoms with Crippen LogP contribution in [-0.4, -0.2) is 40.2 Å². The number of amides is 1. The van der Waals surface area contributed by atoms with Crippen LogP contribution in [0.4, 0.5) is 9.52 Å². The first-order valence-electron chi connectivity index (χ1n) is 13.9. The minimum Gasteiger partial charge on any atom is -0.507 e. The molecular weight excluding hydrogens is 590 g/mol. The monoisotopic (exact) mass is 619 g/mol. The third kappa shape index (κ3) is 6.73. The lowest BCUT2D eigenvalue weighted by Gasteiger charge is -2.22. The standard InChI is InChI=1S/C32H30FN3O5S2/c1-3-5-18-41-24-14-10-20(11-15-24)27-26(28(37)21-12-16-23(17-13-21)40-4-2)29(38)30(39)36(27)31-34-35-32(43-31)42-19-22-8-6-7-9-25(22)33/h6-17,27,37H,3-5,18-19H2,1-2H3/b28-26-. The van der Waals surface area contributed by atoms with E-state index in [0.717, 1.165) is 24.2 Å². The number of carbonyl (C=O) groups excluding carboxylic acids is 2. The van der Waals surface area contributed by atoms with Crippen molar-refractivity contribution >= 4 is 45.7 Å². The van der Waals surface area contributed by atoms with Crippen molar-refractivity contribution in [2.45, 2.75) is 42.8 Å². The van der Waals surface area contributed by atoms with Gasteiger partial charge in [0.25, 0.3) is 5.78 Å². The van der Waals surface area contributed by atoms with E-state index in [1.807, 2.05) is 6.92 Å². The molecule has 1 saturated heterocycles. The maximum Gasteiger partial charge on any atom is 0.301 e. The van der Waals surface area contributed by atoms with Gasteiger partial charge >= 0.3 is 5.91 Å². The summed E-state index contributed by atoms with van der Waals surface area (Å²) in [5, 5.41) is 20.0. The molecule has 1 unspecified atom stereocenters. The van der Waals surface area contributed by atoms with Gasteiger partial charge in [-0.05, 0) is 66.9 Å². The molecule has 222 valence electrons. The van der Waals surface area contributed by atoms with Gasteiger partial charge in [0.15, 0.2) is 4.34 Å². The lowest BCUT2D eigenvalue weighted by Crippen LogP contribution is -2.29. The van der Waals surface area contributed by atoms with Gasteiger partial charge in [0.1, 0.15) is 23.1 Å². The fraction of sp³-hybridized carbons (Fsp3) is 0.250. The molecule has 2 heterocycles. The zero-order chi connectivity index (χ0) is 30.3. The van der Waals surface area contributed by atoms with Crippen LogP contribution in [0, 0.1) is 5.82 Å². The Bertz CT molecular complexity index is 1620. The summed E-state index contributed by atoms with van der Waals surface area (Å²) in [6.07, 6.45) is 1.92. The van der Waals surface area contributed by atoms with E-state index in [-0.39, 0.29) is 22.3 Å². The number of ketones is 1. The molecule has 1 aliphatic heterocycles. The first kappa shape index (κ1) is 30.2. The second kappa shape index (κ2) is 13.8. The van der Waals surface area contributed by atoms with Crippen molar-refractivity contribution in [3.63, 3.8) is 0 Å². The predicted octanol–water partition coefficient (Wildman–Crippen LogP) is 7.17. The number of aliphatic hydroxyl groups excluding tert-OH is 1. The molecule has 8 nitrogen and oxygen atoms in total. The summed E-state index contributed by atoms with van der Waals surface area (Å²) >= 11 is 2.40. The SMILES string of the molecule is CCCCOc1ccc(C2/C(=C(/O)c3ccc(OCC)cc3)C(=O)C(=O)N2c2nnc(SCc3ccccc3F)s2)cc1. The van der Waals surface area contributed by atoms with E-state index in [0.29, 0.717) is 51.5 Å². The second-order valence-electron chi connectivity index (χ2n) is 9.63. The van der Waals surface area contributed by atoms with Crippen molar-refractivity contribution in [2.75, 3.05) is 18.1 Å². The van der Waals surface area contributed by atoms with Crippen molar-refractivity contribution in [3.8, 4) is 11.5 Å². The van der Waals surface area contributed by atoms with E-state index >= 15 is 0 Å². The molecule has 0 saturated carbocycles. The van der Waals surface area contributed by atoms with E-state index in [1.165, 1.54) is 22.7 Å². The predicted molar refractivity (Wildman–Crippen MR) is 165 cm³/mol. The van der Waals surface area contributed by atoms with Gasteiger partial charge in [0, 0.05) is 11.3 Å². The molecule has 1 atom stereocenters. The largest absolute Gasteiger partial charge is 0.507 e. The van der Waals surface area contributed by atoms with Crippen molar-refractivity contribution in [2.24, 2.45) is 0 Å². The Labute approximate surface area is 257 Å². The van der Waals surface area contributed by atoms with Crippen LogP contribution < -0.4 is 14.4 Å². The molecule has 3 aromatic carbocycles. The third-order valence-corrected chi connectivity index (χ3v) is 8.86. The normalized spacial score (nSPS) is 16.1. The van der Waals surface area contributed by atoms with Gasteiger partial charge < -0.3 is 14.6 Å². The van der Waals surface area contributed by atoms with Gasteiger partial charge in [0.2, 0.25) is 5.13 Å². The van der Waals surface area contributed by atoms with Gasteiger partial charge in [-0.15, -0.1) is 10.2 Å². The molecule has 0 spiro atoms. The Morgan fingerprint density at radius 1 is 0.977 bits per heavy atom. The quantitative estimate of drug-likeness (QED) is 0.0445. The molecule has 1 aromatic heterocycles. The van der Waals surface area contributed by atoms with Crippen LogP contribution in [0.5, 0.6) is 11.5 Å². The lowest BCUT2D eigenvalue weighted by atomic mass is 9.95. The van der Waals surface area contributed by atoms with Crippen LogP contribution in [0.1, 0.15) is 49.4 Å². The van der Waals surface area contributed by atoms with Crippen molar-refractivity contribution < 1.29 is 28.6 Å². The molecule has 1 amide bonds. The Kier molecular flexibility index (Phi) is 9.73. The molecule has 5 rings (SSSR count). The van der Waals surface area contributed by atoms with Crippen LogP contribution in [0.3, 0.4) is 0 Å². The Morgan fingerprint density at radius 2 is 1.67 bits per heavy atom. The van der Waals surface area contributed by atoms with Crippen molar-refractivity contribution in [1.82, 2.24) is 10.2 Å². The molecule has 0 bridgehead atoms. The number of Topliss-reactive ketones (excluding diaryl/α,β-unsaturated/α-hetero) is 1. The first-order valence-corrected chi connectivity index (χ1v) is 15.7. The summed E-state index contributed by atoms with van der Waals surface area (Å²) in [6, 6.07) is 19.3. The number of aliphatic hydroxyl groups is 1. The molecule has 4 aromatic rings. The smallest absolute Gasteiger partial charge is 0.301 e. The lowest BCUT2D eigenvalue weighted by molar-refractivity contribution is -0.132. The number of hydrogen-bond donors (Lipinski definition) is 1. The number of ether oxygens (including phenoxy) is 2. The number of unbranched alkanes of at least 4 members (excludes halogenated alkanes) is 1. The first-order chi connectivity index (χ1) is 20.9. The molecule has 0 radical (unpaired) electrons. The molecule has 1 aliphatic rings. The minimum atomic E-state index is -0.964. The number of carbonyl (C=O) groups is 2. The van der Waals surface area contributed by atoms with Gasteiger partial charge in [-0.25, -0.2) is 4.39 Å². The number of nitrogens with zero attached hydrogens (tertiary/aromatic N) is 3. The summed E-state index contributed by atoms with van der Waals surface area (Å²) in [5.74, 6) is -0.705. The number of aromatic nitrogens is 2. The second-order valence-corrected chi connectivity index (χ2v) is 11.8. The Morgan fingerprint density at radius 3 is 2.37 bits per heavy atom. The van der Waals surface area contributed by atoms with Crippen LogP contribution in [0.25, 0.3) is 5.76 Å². The molecular formula is C32H30FN3O5S2. The zero-order valence-electron chi connectivity index (χ0n) is 23.7. The highest BCUT2D eigenvalue weighted by molar-refractivity contribution is 8.00. The molecule has 1 N–H and O–H groups in total. The highest BCUT2D eigenvalue weighted by Gasteiger charge is 2.48. The van der Waals surface area contributed by atoms with Gasteiger partial charge in [-0.1, -0.05) is 66.8 Å². The third-order valence-electron chi connectivity index (χ3n) is 6.76. The van der Waals surface area contributed by atoms with Crippen LogP contribution in [-0.2, 0) is 15.3 Å². The molecule has 11 heteroatoms. The van der Waals surface area contributed by atoms with Gasteiger partial charge in [-0.3, -0.25) is 14.5 Å². The average Bonchev–Trinajstić information content (AvgIpc) is 3.59. The van der Waals surface area contributed by atoms with Crippen molar-refractivity contribution in [1.29, 1.82) is 0 Å².